The third-order valence-electron chi connectivity index (χ3n) is 2.32. The van der Waals surface area contributed by atoms with Gasteiger partial charge in [0.1, 0.15) is 4.90 Å². The Morgan fingerprint density at radius 3 is 2.72 bits per heavy atom. The minimum Gasteiger partial charge on any atom is -0.271 e. The van der Waals surface area contributed by atoms with E-state index >= 15 is 0 Å². The largest absolute Gasteiger partial charge is 0.271 e. The van der Waals surface area contributed by atoms with E-state index in [0.717, 1.165) is 0 Å². The van der Waals surface area contributed by atoms with Gasteiger partial charge >= 0.3 is 0 Å². The molecule has 1 aromatic carbocycles. The summed E-state index contributed by atoms with van der Waals surface area (Å²) in [5.41, 5.74) is 0. The van der Waals surface area contributed by atoms with Crippen LogP contribution < -0.4 is 4.72 Å². The Hall–Kier alpha value is -1.37. The highest BCUT2D eigenvalue weighted by atomic mass is 35.5. The molecule has 0 unspecified atom stereocenters. The summed E-state index contributed by atoms with van der Waals surface area (Å²) in [6, 6.07) is 8.11. The first kappa shape index (κ1) is 13.1. The van der Waals surface area contributed by atoms with E-state index in [9.17, 15) is 8.42 Å². The molecule has 1 N–H and O–H groups in total. The van der Waals surface area contributed by atoms with Crippen LogP contribution in [0, 0.1) is 0 Å². The Morgan fingerprint density at radius 1 is 1.28 bits per heavy atom. The topological polar surface area (TPSA) is 64.0 Å². The highest BCUT2D eigenvalue weighted by Crippen LogP contribution is 2.19. The monoisotopic (exact) mass is 285 g/mol. The molecule has 7 heteroatoms. The lowest BCUT2D eigenvalue weighted by Crippen LogP contribution is -2.27. The van der Waals surface area contributed by atoms with Crippen molar-refractivity contribution in [3.8, 4) is 0 Å². The predicted molar refractivity (Wildman–Crippen MR) is 68.9 cm³/mol. The van der Waals surface area contributed by atoms with Gasteiger partial charge in [-0.05, 0) is 18.2 Å². The molecule has 0 fully saturated rings. The van der Waals surface area contributed by atoms with Crippen molar-refractivity contribution in [3.63, 3.8) is 0 Å². The maximum absolute atomic E-state index is 12.0. The molecule has 5 nitrogen and oxygen atoms in total. The van der Waals surface area contributed by atoms with E-state index in [0.29, 0.717) is 6.54 Å². The van der Waals surface area contributed by atoms with Crippen molar-refractivity contribution in [1.29, 1.82) is 0 Å². The van der Waals surface area contributed by atoms with Crippen molar-refractivity contribution < 1.29 is 8.42 Å². The second kappa shape index (κ2) is 5.51. The molecule has 2 rings (SSSR count). The van der Waals surface area contributed by atoms with Gasteiger partial charge in [0.05, 0.1) is 11.6 Å². The molecule has 0 aliphatic carbocycles. The summed E-state index contributed by atoms with van der Waals surface area (Å²) in [6.45, 7) is 0.728. The normalized spacial score (nSPS) is 11.6. The van der Waals surface area contributed by atoms with Crippen LogP contribution in [-0.2, 0) is 16.6 Å². The highest BCUT2D eigenvalue weighted by Gasteiger charge is 2.16. The molecular formula is C11H12ClN3O2S. The molecule has 0 aliphatic heterocycles. The number of nitrogens with one attached hydrogen (secondary N) is 1. The number of sulfonamides is 1. The van der Waals surface area contributed by atoms with Gasteiger partial charge in [0.25, 0.3) is 0 Å². The van der Waals surface area contributed by atoms with E-state index in [2.05, 4.69) is 9.82 Å². The lowest BCUT2D eigenvalue weighted by Gasteiger charge is -2.08. The Labute approximate surface area is 110 Å². The summed E-state index contributed by atoms with van der Waals surface area (Å²) in [6.07, 6.45) is 3.41. The average molecular weight is 286 g/mol. The van der Waals surface area contributed by atoms with Gasteiger partial charge < -0.3 is 0 Å². The molecular weight excluding hydrogens is 274 g/mol. The van der Waals surface area contributed by atoms with Crippen LogP contribution in [0.5, 0.6) is 0 Å². The summed E-state index contributed by atoms with van der Waals surface area (Å²) < 4.78 is 28.0. The number of rotatable bonds is 5. The van der Waals surface area contributed by atoms with Gasteiger partial charge in [-0.15, -0.1) is 0 Å². The molecule has 0 radical (unpaired) electrons. The van der Waals surface area contributed by atoms with Crippen LogP contribution in [-0.4, -0.2) is 24.7 Å². The van der Waals surface area contributed by atoms with Crippen LogP contribution in [0.2, 0.25) is 5.02 Å². The highest BCUT2D eigenvalue weighted by molar-refractivity contribution is 7.89. The Bertz CT molecular complexity index is 611. The Balaban J connectivity index is 2.02. The molecule has 1 aromatic heterocycles. The van der Waals surface area contributed by atoms with Crippen molar-refractivity contribution in [2.75, 3.05) is 6.54 Å². The first-order valence-electron chi connectivity index (χ1n) is 5.31. The molecule has 0 aliphatic rings. The van der Waals surface area contributed by atoms with Crippen molar-refractivity contribution in [2.45, 2.75) is 11.4 Å². The number of halogens is 1. The summed E-state index contributed by atoms with van der Waals surface area (Å²) >= 11 is 5.85. The minimum atomic E-state index is -3.57. The van der Waals surface area contributed by atoms with E-state index in [4.69, 9.17) is 11.6 Å². The van der Waals surface area contributed by atoms with Gasteiger partial charge in [0.15, 0.2) is 0 Å². The van der Waals surface area contributed by atoms with Crippen molar-refractivity contribution in [2.24, 2.45) is 0 Å². The Kier molecular flexibility index (Phi) is 4.00. The van der Waals surface area contributed by atoms with Crippen LogP contribution >= 0.6 is 11.6 Å². The van der Waals surface area contributed by atoms with E-state index < -0.39 is 10.0 Å². The number of hydrogen-bond acceptors (Lipinski definition) is 3. The van der Waals surface area contributed by atoms with Gasteiger partial charge in [0, 0.05) is 18.9 Å². The zero-order valence-corrected chi connectivity index (χ0v) is 11.0. The van der Waals surface area contributed by atoms with Gasteiger partial charge in [-0.2, -0.15) is 5.10 Å². The maximum Gasteiger partial charge on any atom is 0.242 e. The lowest BCUT2D eigenvalue weighted by molar-refractivity contribution is 0.561. The third kappa shape index (κ3) is 3.10. The summed E-state index contributed by atoms with van der Waals surface area (Å²) in [5.74, 6) is 0. The van der Waals surface area contributed by atoms with Crippen LogP contribution in [0.4, 0.5) is 0 Å². The van der Waals surface area contributed by atoms with Crippen LogP contribution in [0.15, 0.2) is 47.6 Å². The van der Waals surface area contributed by atoms with Crippen LogP contribution in [0.3, 0.4) is 0 Å². The van der Waals surface area contributed by atoms with Crippen molar-refractivity contribution in [3.05, 3.63) is 47.7 Å². The van der Waals surface area contributed by atoms with Gasteiger partial charge in [-0.3, -0.25) is 4.68 Å². The predicted octanol–water partition coefficient (Wildman–Crippen LogP) is 1.51. The van der Waals surface area contributed by atoms with E-state index in [1.54, 1.807) is 41.3 Å². The van der Waals surface area contributed by atoms with Gasteiger partial charge in [-0.1, -0.05) is 23.7 Å². The number of hydrogen-bond donors (Lipinski definition) is 1. The first-order chi connectivity index (χ1) is 8.59. The zero-order valence-electron chi connectivity index (χ0n) is 9.45. The fourth-order valence-corrected chi connectivity index (χ4v) is 3.01. The quantitative estimate of drug-likeness (QED) is 0.906. The fraction of sp³-hybridized carbons (Fsp3) is 0.182. The third-order valence-corrected chi connectivity index (χ3v) is 4.28. The molecule has 0 spiro atoms. The minimum absolute atomic E-state index is 0.0899. The summed E-state index contributed by atoms with van der Waals surface area (Å²) in [4.78, 5) is 0.0899. The number of aromatic nitrogens is 2. The average Bonchev–Trinajstić information content (AvgIpc) is 2.82. The first-order valence-corrected chi connectivity index (χ1v) is 7.17. The second-order valence-corrected chi connectivity index (χ2v) is 5.74. The van der Waals surface area contributed by atoms with E-state index in [1.807, 2.05) is 0 Å². The SMILES string of the molecule is O=S(=O)(NCCn1cccn1)c1ccccc1Cl. The molecule has 2 aromatic rings. The maximum atomic E-state index is 12.0. The molecule has 0 saturated carbocycles. The smallest absolute Gasteiger partial charge is 0.242 e. The zero-order chi connectivity index (χ0) is 13.0. The summed E-state index contributed by atoms with van der Waals surface area (Å²) in [7, 11) is -3.57. The van der Waals surface area contributed by atoms with Crippen molar-refractivity contribution >= 4 is 21.6 Å². The number of benzene rings is 1. The second-order valence-electron chi connectivity index (χ2n) is 3.60. The molecule has 0 saturated heterocycles. The van der Waals surface area contributed by atoms with E-state index in [1.165, 1.54) is 6.07 Å². The molecule has 0 atom stereocenters. The fourth-order valence-electron chi connectivity index (χ4n) is 1.47. The molecule has 0 amide bonds. The van der Waals surface area contributed by atoms with Gasteiger partial charge in [0.2, 0.25) is 10.0 Å². The number of nitrogens with zero attached hydrogens (tertiary/aromatic N) is 2. The molecule has 0 bridgehead atoms. The molecule has 1 heterocycles. The standard InChI is InChI=1S/C11H12ClN3O2S/c12-10-4-1-2-5-11(10)18(16,17)14-7-9-15-8-3-6-13-15/h1-6,8,14H,7,9H2. The Morgan fingerprint density at radius 2 is 2.06 bits per heavy atom. The van der Waals surface area contributed by atoms with Crippen LogP contribution in [0.25, 0.3) is 0 Å². The van der Waals surface area contributed by atoms with Gasteiger partial charge in [-0.25, -0.2) is 13.1 Å². The summed E-state index contributed by atoms with van der Waals surface area (Å²) in [5, 5.41) is 4.19. The molecule has 18 heavy (non-hydrogen) atoms. The van der Waals surface area contributed by atoms with E-state index in [-0.39, 0.29) is 16.5 Å². The molecule has 96 valence electrons. The van der Waals surface area contributed by atoms with Crippen LogP contribution in [0.1, 0.15) is 0 Å². The van der Waals surface area contributed by atoms with Crippen molar-refractivity contribution in [1.82, 2.24) is 14.5 Å². The lowest BCUT2D eigenvalue weighted by atomic mass is 10.4.